The lowest BCUT2D eigenvalue weighted by Gasteiger charge is -2.63. The fourth-order valence-electron chi connectivity index (χ4n) is 9.78. The number of amides is 1. The van der Waals surface area contributed by atoms with E-state index >= 15 is 0 Å². The Morgan fingerprint density at radius 3 is 2.10 bits per heavy atom. The third kappa shape index (κ3) is 8.81. The van der Waals surface area contributed by atoms with Gasteiger partial charge in [-0.3, -0.25) is 19.2 Å². The molecule has 0 aromatic heterocycles. The molecule has 0 bridgehead atoms. The van der Waals surface area contributed by atoms with Crippen molar-refractivity contribution >= 4 is 28.9 Å². The van der Waals surface area contributed by atoms with Gasteiger partial charge in [0.2, 0.25) is 0 Å². The number of ketones is 3. The maximum absolute atomic E-state index is 13.6. The number of anilines is 1. The zero-order valence-corrected chi connectivity index (χ0v) is 34.9. The van der Waals surface area contributed by atoms with Gasteiger partial charge in [0.25, 0.3) is 5.91 Å². The Labute approximate surface area is 346 Å². The van der Waals surface area contributed by atoms with E-state index in [9.17, 15) is 24.4 Å². The predicted octanol–water partition coefficient (Wildman–Crippen LogP) is 7.29. The van der Waals surface area contributed by atoms with E-state index in [-0.39, 0.29) is 71.4 Å². The quantitative estimate of drug-likeness (QED) is 0.129. The highest BCUT2D eigenvalue weighted by Crippen LogP contribution is 2.62. The molecule has 12 nitrogen and oxygen atoms in total. The average Bonchev–Trinajstić information content (AvgIpc) is 3.21. The van der Waals surface area contributed by atoms with Crippen LogP contribution in [-0.4, -0.2) is 81.0 Å². The summed E-state index contributed by atoms with van der Waals surface area (Å²) >= 11 is 0. The minimum absolute atomic E-state index is 0.00203. The predicted molar refractivity (Wildman–Crippen MR) is 220 cm³/mol. The van der Waals surface area contributed by atoms with Crippen LogP contribution in [0.25, 0.3) is 0 Å². The number of nitrogens with one attached hydrogen (secondary N) is 1. The monoisotopic (exact) mass is 805 g/mol. The van der Waals surface area contributed by atoms with Gasteiger partial charge in [-0.2, -0.15) is 5.26 Å². The maximum Gasteiger partial charge on any atom is 0.255 e. The van der Waals surface area contributed by atoms with Gasteiger partial charge in [-0.25, -0.2) is 0 Å². The van der Waals surface area contributed by atoms with Crippen LogP contribution in [0, 0.1) is 28.1 Å². The van der Waals surface area contributed by atoms with Crippen LogP contribution in [-0.2, 0) is 14.3 Å². The van der Waals surface area contributed by atoms with Crippen LogP contribution in [0.3, 0.4) is 0 Å². The summed E-state index contributed by atoms with van der Waals surface area (Å²) in [5, 5.41) is 12.1. The van der Waals surface area contributed by atoms with Gasteiger partial charge in [-0.05, 0) is 73.7 Å². The first kappa shape index (κ1) is 41.7. The van der Waals surface area contributed by atoms with Gasteiger partial charge in [0.05, 0.1) is 50.0 Å². The summed E-state index contributed by atoms with van der Waals surface area (Å²) in [5.41, 5.74) is 2.09. The molecule has 3 aliphatic carbocycles. The van der Waals surface area contributed by atoms with Crippen molar-refractivity contribution in [1.29, 1.82) is 5.26 Å². The Hall–Kier alpha value is -5.41. The van der Waals surface area contributed by atoms with E-state index in [2.05, 4.69) is 56.1 Å². The normalized spacial score (nSPS) is 24.8. The van der Waals surface area contributed by atoms with Gasteiger partial charge in [-0.1, -0.05) is 27.7 Å². The number of nitriles is 1. The highest BCUT2D eigenvalue weighted by Gasteiger charge is 2.63. The number of rotatable bonds is 14. The van der Waals surface area contributed by atoms with Crippen LogP contribution in [0.1, 0.15) is 105 Å². The Balaban J connectivity index is 0.836. The van der Waals surface area contributed by atoms with Gasteiger partial charge >= 0.3 is 0 Å². The number of Topliss-reactive ketones (excluding diaryl/α,β-unsaturated/α-hetero) is 3. The smallest absolute Gasteiger partial charge is 0.255 e. The molecule has 7 rings (SSSR count). The molecule has 4 aliphatic rings. The molecule has 312 valence electrons. The Kier molecular flexibility index (Phi) is 12.1. The SMILES string of the molecule is COc1cc(OC2C(C)(C)C(CC(=O)c3ccc(N4CCC(OC5CC(Oc6ccc(C(=O)NC7CCC(=O)CC7=O)c(OC)c6)C5)CC4)cc3)C2(C)C)ccc1C#N. The number of hydrogen-bond donors (Lipinski definition) is 1. The fraction of sp³-hybridized carbons (Fsp3) is 0.511. The zero-order chi connectivity index (χ0) is 42.1. The molecule has 0 spiro atoms. The summed E-state index contributed by atoms with van der Waals surface area (Å²) in [6, 6.07) is 19.8. The lowest BCUT2D eigenvalue weighted by Crippen LogP contribution is -2.66. The third-order valence-electron chi connectivity index (χ3n) is 13.0. The summed E-state index contributed by atoms with van der Waals surface area (Å²) in [6.45, 7) is 10.4. The molecule has 1 amide bonds. The Morgan fingerprint density at radius 1 is 0.814 bits per heavy atom. The standard InChI is InChI=1S/C47H55N3O9/c1-46(2)43(47(3,4)45(46)59-34-13-9-29(27-48)41(24-34)55-5)26-39(52)28-7-10-30(11-8-28)50-19-17-32(18-20-50)57-35-22-36(23-35)58-33-14-15-37(42(25-33)56-6)44(54)49-38-16-12-31(51)21-40(38)53/h7-11,13-15,24-25,32,35-36,38,43,45H,12,16-23,26H2,1-6H3,(H,49,54). The molecule has 3 saturated carbocycles. The van der Waals surface area contributed by atoms with Crippen LogP contribution in [0.2, 0.25) is 0 Å². The molecule has 1 atom stereocenters. The van der Waals surface area contributed by atoms with Crippen molar-refractivity contribution in [2.45, 2.75) is 110 Å². The first-order chi connectivity index (χ1) is 28.2. The number of hydrogen-bond acceptors (Lipinski definition) is 11. The van der Waals surface area contributed by atoms with E-state index < -0.39 is 11.9 Å². The molecule has 1 aliphatic heterocycles. The van der Waals surface area contributed by atoms with Crippen LogP contribution < -0.4 is 29.2 Å². The lowest BCUT2D eigenvalue weighted by molar-refractivity contribution is -0.196. The molecule has 59 heavy (non-hydrogen) atoms. The van der Waals surface area contributed by atoms with E-state index in [1.807, 2.05) is 12.1 Å². The van der Waals surface area contributed by atoms with Crippen molar-refractivity contribution in [3.8, 4) is 29.1 Å². The van der Waals surface area contributed by atoms with Crippen LogP contribution in [0.4, 0.5) is 5.69 Å². The number of ether oxygens (including phenoxy) is 5. The fourth-order valence-corrected chi connectivity index (χ4v) is 9.78. The van der Waals surface area contributed by atoms with Crippen LogP contribution in [0.5, 0.6) is 23.0 Å². The summed E-state index contributed by atoms with van der Waals surface area (Å²) in [7, 11) is 3.03. The average molecular weight is 806 g/mol. The van der Waals surface area contributed by atoms with Gasteiger partial charge in [0.15, 0.2) is 11.6 Å². The molecule has 1 unspecified atom stereocenters. The van der Waals surface area contributed by atoms with Crippen molar-refractivity contribution in [2.75, 3.05) is 32.2 Å². The topological polar surface area (TPSA) is 153 Å². The van der Waals surface area contributed by atoms with E-state index in [0.717, 1.165) is 44.5 Å². The molecular weight excluding hydrogens is 751 g/mol. The summed E-state index contributed by atoms with van der Waals surface area (Å²) in [5.74, 6) is 1.55. The third-order valence-corrected chi connectivity index (χ3v) is 13.0. The molecule has 3 aromatic carbocycles. The Morgan fingerprint density at radius 2 is 1.46 bits per heavy atom. The minimum Gasteiger partial charge on any atom is -0.496 e. The van der Waals surface area contributed by atoms with E-state index in [1.54, 1.807) is 43.5 Å². The largest absolute Gasteiger partial charge is 0.496 e. The van der Waals surface area contributed by atoms with Gasteiger partial charge in [0.1, 0.15) is 47.1 Å². The second-order valence-electron chi connectivity index (χ2n) is 17.6. The number of nitrogens with zero attached hydrogens (tertiary/aromatic N) is 2. The van der Waals surface area contributed by atoms with Crippen molar-refractivity contribution in [2.24, 2.45) is 16.7 Å². The first-order valence-electron chi connectivity index (χ1n) is 20.7. The summed E-state index contributed by atoms with van der Waals surface area (Å²) in [6.07, 6.45) is 4.44. The van der Waals surface area contributed by atoms with Gasteiger partial charge in [-0.15, -0.1) is 0 Å². The van der Waals surface area contributed by atoms with Crippen LogP contribution >= 0.6 is 0 Å². The van der Waals surface area contributed by atoms with Crippen molar-refractivity contribution in [1.82, 2.24) is 5.32 Å². The molecule has 4 fully saturated rings. The molecular formula is C47H55N3O9. The number of benzene rings is 3. The van der Waals surface area contributed by atoms with E-state index in [1.165, 1.54) is 7.11 Å². The molecule has 1 N–H and O–H groups in total. The maximum atomic E-state index is 13.6. The second kappa shape index (κ2) is 17.1. The number of methoxy groups -OCH3 is 2. The van der Waals surface area contributed by atoms with Crippen LogP contribution in [0.15, 0.2) is 60.7 Å². The molecule has 1 heterocycles. The van der Waals surface area contributed by atoms with Crippen molar-refractivity contribution < 1.29 is 42.9 Å². The number of carbonyl (C=O) groups is 4. The summed E-state index contributed by atoms with van der Waals surface area (Å²) in [4.78, 5) is 52.6. The summed E-state index contributed by atoms with van der Waals surface area (Å²) < 4.78 is 30.0. The van der Waals surface area contributed by atoms with Crippen molar-refractivity contribution in [3.05, 3.63) is 77.4 Å². The zero-order valence-electron chi connectivity index (χ0n) is 34.9. The first-order valence-corrected chi connectivity index (χ1v) is 20.7. The minimum atomic E-state index is -0.668. The molecule has 0 radical (unpaired) electrons. The highest BCUT2D eigenvalue weighted by molar-refractivity contribution is 6.07. The number of carbonyl (C=O) groups excluding carboxylic acids is 4. The molecule has 12 heteroatoms. The highest BCUT2D eigenvalue weighted by atomic mass is 16.5. The lowest BCUT2D eigenvalue weighted by atomic mass is 9.44. The van der Waals surface area contributed by atoms with Gasteiger partial charge < -0.3 is 33.9 Å². The van der Waals surface area contributed by atoms with E-state index in [4.69, 9.17) is 23.7 Å². The second-order valence-corrected chi connectivity index (χ2v) is 17.6. The van der Waals surface area contributed by atoms with Crippen molar-refractivity contribution in [3.63, 3.8) is 0 Å². The number of piperidine rings is 1. The van der Waals surface area contributed by atoms with Gasteiger partial charge in [0, 0.05) is 73.0 Å². The molecule has 3 aromatic rings. The molecule has 1 saturated heterocycles. The Bertz CT molecular complexity index is 2090. The van der Waals surface area contributed by atoms with E-state index in [0.29, 0.717) is 52.5 Å².